The number of rotatable bonds is 3. The molecule has 1 aliphatic rings. The summed E-state index contributed by atoms with van der Waals surface area (Å²) < 4.78 is 0. The summed E-state index contributed by atoms with van der Waals surface area (Å²) in [6.07, 6.45) is 1.87. The van der Waals surface area contributed by atoms with Crippen molar-refractivity contribution in [3.05, 3.63) is 11.6 Å². The summed E-state index contributed by atoms with van der Waals surface area (Å²) in [5.74, 6) is 0. The quantitative estimate of drug-likeness (QED) is 0.856. The molecule has 0 spiro atoms. The summed E-state index contributed by atoms with van der Waals surface area (Å²) in [5.41, 5.74) is 5.94. The van der Waals surface area contributed by atoms with Gasteiger partial charge in [-0.05, 0) is 13.8 Å². The van der Waals surface area contributed by atoms with Crippen LogP contribution < -0.4 is 10.6 Å². The maximum Gasteiger partial charge on any atom is 0.185 e. The summed E-state index contributed by atoms with van der Waals surface area (Å²) >= 11 is 1.72. The van der Waals surface area contributed by atoms with Gasteiger partial charge < -0.3 is 10.6 Å². The van der Waals surface area contributed by atoms with E-state index in [1.54, 1.807) is 11.3 Å². The lowest BCUT2D eigenvalue weighted by molar-refractivity contribution is 0.214. The zero-order valence-electron chi connectivity index (χ0n) is 10.0. The Morgan fingerprint density at radius 1 is 1.38 bits per heavy atom. The smallest absolute Gasteiger partial charge is 0.185 e. The molecular weight excluding hydrogens is 220 g/mol. The molecule has 1 fully saturated rings. The fourth-order valence-electron chi connectivity index (χ4n) is 2.05. The molecule has 0 saturated carbocycles. The molecule has 1 aromatic heterocycles. The number of hydrogen-bond donors (Lipinski definition) is 1. The van der Waals surface area contributed by atoms with Gasteiger partial charge in [0, 0.05) is 49.8 Å². The normalized spacial score (nSPS) is 19.1. The van der Waals surface area contributed by atoms with Crippen molar-refractivity contribution in [2.45, 2.75) is 19.4 Å². The van der Waals surface area contributed by atoms with E-state index in [2.05, 4.69) is 28.6 Å². The van der Waals surface area contributed by atoms with Crippen LogP contribution in [0.2, 0.25) is 0 Å². The number of thiazole rings is 1. The molecule has 2 heterocycles. The monoisotopic (exact) mass is 240 g/mol. The van der Waals surface area contributed by atoms with E-state index in [4.69, 9.17) is 5.73 Å². The number of piperazine rings is 1. The van der Waals surface area contributed by atoms with Crippen molar-refractivity contribution in [2.24, 2.45) is 5.73 Å². The molecule has 0 aliphatic carbocycles. The van der Waals surface area contributed by atoms with Gasteiger partial charge in [0.05, 0.1) is 0 Å². The van der Waals surface area contributed by atoms with Crippen LogP contribution in [0.1, 0.15) is 13.8 Å². The third-order valence-corrected chi connectivity index (χ3v) is 3.53. The Morgan fingerprint density at radius 2 is 2.06 bits per heavy atom. The van der Waals surface area contributed by atoms with Crippen molar-refractivity contribution in [1.29, 1.82) is 0 Å². The summed E-state index contributed by atoms with van der Waals surface area (Å²) in [6, 6.07) is 0. The molecule has 2 rings (SSSR count). The van der Waals surface area contributed by atoms with E-state index in [1.165, 1.54) is 0 Å². The first kappa shape index (κ1) is 11.8. The van der Waals surface area contributed by atoms with Gasteiger partial charge in [-0.15, -0.1) is 11.3 Å². The molecule has 1 saturated heterocycles. The van der Waals surface area contributed by atoms with E-state index in [0.717, 1.165) is 37.9 Å². The summed E-state index contributed by atoms with van der Waals surface area (Å²) in [7, 11) is 0. The van der Waals surface area contributed by atoms with Crippen LogP contribution in [0.25, 0.3) is 0 Å². The molecule has 90 valence electrons. The zero-order chi connectivity index (χ0) is 11.6. The number of hydrogen-bond acceptors (Lipinski definition) is 5. The third kappa shape index (κ3) is 3.17. The maximum atomic E-state index is 6.03. The standard InChI is InChI=1S/C11H20N4S/c1-11(2,12)9-14-4-6-15(7-5-14)10-13-3-8-16-10/h3,8H,4-7,9,12H2,1-2H3. The van der Waals surface area contributed by atoms with Gasteiger partial charge in [0.15, 0.2) is 5.13 Å². The van der Waals surface area contributed by atoms with E-state index in [9.17, 15) is 0 Å². The zero-order valence-corrected chi connectivity index (χ0v) is 10.8. The highest BCUT2D eigenvalue weighted by Gasteiger charge is 2.22. The Balaban J connectivity index is 1.83. The Hall–Kier alpha value is -0.650. The van der Waals surface area contributed by atoms with Crippen LogP contribution in [0.3, 0.4) is 0 Å². The van der Waals surface area contributed by atoms with Gasteiger partial charge in [-0.25, -0.2) is 4.98 Å². The molecule has 0 bridgehead atoms. The van der Waals surface area contributed by atoms with E-state index in [0.29, 0.717) is 0 Å². The fourth-order valence-corrected chi connectivity index (χ4v) is 2.74. The molecule has 5 heteroatoms. The van der Waals surface area contributed by atoms with Gasteiger partial charge in [0.1, 0.15) is 0 Å². The highest BCUT2D eigenvalue weighted by atomic mass is 32.1. The predicted octanol–water partition coefficient (Wildman–Crippen LogP) is 1.00. The van der Waals surface area contributed by atoms with Gasteiger partial charge in [0.25, 0.3) is 0 Å². The lowest BCUT2D eigenvalue weighted by Crippen LogP contribution is -2.53. The molecule has 0 unspecified atom stereocenters. The SMILES string of the molecule is CC(C)(N)CN1CCN(c2nccs2)CC1. The van der Waals surface area contributed by atoms with Crippen LogP contribution in [0.4, 0.5) is 5.13 Å². The lowest BCUT2D eigenvalue weighted by atomic mass is 10.1. The minimum atomic E-state index is -0.0939. The largest absolute Gasteiger partial charge is 0.346 e. The first-order valence-electron chi connectivity index (χ1n) is 5.70. The van der Waals surface area contributed by atoms with E-state index < -0.39 is 0 Å². The second kappa shape index (κ2) is 4.69. The van der Waals surface area contributed by atoms with Crippen LogP contribution in [-0.4, -0.2) is 48.1 Å². The molecule has 2 N–H and O–H groups in total. The van der Waals surface area contributed by atoms with Crippen LogP contribution >= 0.6 is 11.3 Å². The van der Waals surface area contributed by atoms with Crippen LogP contribution in [0.5, 0.6) is 0 Å². The van der Waals surface area contributed by atoms with Crippen molar-refractivity contribution < 1.29 is 0 Å². The summed E-state index contributed by atoms with van der Waals surface area (Å²) in [6.45, 7) is 9.42. The first-order valence-corrected chi connectivity index (χ1v) is 6.58. The maximum absolute atomic E-state index is 6.03. The Morgan fingerprint density at radius 3 is 2.56 bits per heavy atom. The average molecular weight is 240 g/mol. The molecule has 16 heavy (non-hydrogen) atoms. The lowest BCUT2D eigenvalue weighted by Gasteiger charge is -2.37. The average Bonchev–Trinajstić information content (AvgIpc) is 2.69. The second-order valence-corrected chi connectivity index (χ2v) is 5.94. The predicted molar refractivity (Wildman–Crippen MR) is 69.0 cm³/mol. The third-order valence-electron chi connectivity index (χ3n) is 2.69. The highest BCUT2D eigenvalue weighted by molar-refractivity contribution is 7.13. The van der Waals surface area contributed by atoms with Gasteiger partial charge in [-0.1, -0.05) is 0 Å². The van der Waals surface area contributed by atoms with Crippen molar-refractivity contribution in [1.82, 2.24) is 9.88 Å². The Bertz CT molecular complexity index is 309. The number of nitrogens with zero attached hydrogens (tertiary/aromatic N) is 3. The first-order chi connectivity index (χ1) is 7.54. The molecule has 1 aromatic rings. The molecule has 0 aromatic carbocycles. The fraction of sp³-hybridized carbons (Fsp3) is 0.727. The van der Waals surface area contributed by atoms with Crippen molar-refractivity contribution in [3.63, 3.8) is 0 Å². The van der Waals surface area contributed by atoms with Crippen molar-refractivity contribution >= 4 is 16.5 Å². The minimum absolute atomic E-state index is 0.0939. The molecule has 0 atom stereocenters. The number of anilines is 1. The van der Waals surface area contributed by atoms with E-state index in [1.807, 2.05) is 11.6 Å². The molecule has 0 radical (unpaired) electrons. The van der Waals surface area contributed by atoms with Crippen LogP contribution in [-0.2, 0) is 0 Å². The topological polar surface area (TPSA) is 45.4 Å². The molecule has 4 nitrogen and oxygen atoms in total. The molecule has 0 amide bonds. The van der Waals surface area contributed by atoms with Crippen molar-refractivity contribution in [2.75, 3.05) is 37.6 Å². The molecule has 1 aliphatic heterocycles. The van der Waals surface area contributed by atoms with Gasteiger partial charge in [-0.2, -0.15) is 0 Å². The number of nitrogens with two attached hydrogens (primary N) is 1. The summed E-state index contributed by atoms with van der Waals surface area (Å²) in [4.78, 5) is 9.13. The van der Waals surface area contributed by atoms with Gasteiger partial charge >= 0.3 is 0 Å². The van der Waals surface area contributed by atoms with E-state index >= 15 is 0 Å². The van der Waals surface area contributed by atoms with Gasteiger partial charge in [0.2, 0.25) is 0 Å². The van der Waals surface area contributed by atoms with Gasteiger partial charge in [-0.3, -0.25) is 4.90 Å². The Kier molecular flexibility index (Phi) is 3.47. The Labute approximate surface area is 101 Å². The highest BCUT2D eigenvalue weighted by Crippen LogP contribution is 2.19. The van der Waals surface area contributed by atoms with Crippen LogP contribution in [0, 0.1) is 0 Å². The van der Waals surface area contributed by atoms with E-state index in [-0.39, 0.29) is 5.54 Å². The number of aromatic nitrogens is 1. The second-order valence-electron chi connectivity index (χ2n) is 5.07. The van der Waals surface area contributed by atoms with Crippen LogP contribution in [0.15, 0.2) is 11.6 Å². The summed E-state index contributed by atoms with van der Waals surface area (Å²) in [5, 5.41) is 3.18. The molecular formula is C11H20N4S. The van der Waals surface area contributed by atoms with Crippen molar-refractivity contribution in [3.8, 4) is 0 Å². The minimum Gasteiger partial charge on any atom is -0.346 e.